The third-order valence-corrected chi connectivity index (χ3v) is 10.9. The standard InChI is InChI=1S/C47H28N2/c1-2-14-29(15-3-1)45-36-22-10-13-25-43(36)48-46(49-45)37-28-42-44(35-21-7-6-18-32(35)37)38-26-30-16-4-5-17-31(30)27-41(38)47(42)39-23-11-8-19-33(39)34-20-9-12-24-40(34)47/h1-28H. The monoisotopic (exact) mass is 620 g/mol. The smallest absolute Gasteiger partial charge is 0.161 e. The quantitative estimate of drug-likeness (QED) is 0.192. The van der Waals surface area contributed by atoms with Gasteiger partial charge in [-0.1, -0.05) is 146 Å². The Hall–Kier alpha value is -6.38. The Labute approximate surface area is 284 Å². The number of hydrogen-bond acceptors (Lipinski definition) is 2. The fourth-order valence-corrected chi connectivity index (χ4v) is 8.88. The van der Waals surface area contributed by atoms with Crippen molar-refractivity contribution in [3.05, 3.63) is 192 Å². The normalized spacial score (nSPS) is 13.5. The summed E-state index contributed by atoms with van der Waals surface area (Å²) in [5.41, 5.74) is 14.0. The van der Waals surface area contributed by atoms with Crippen molar-refractivity contribution in [2.45, 2.75) is 5.41 Å². The first-order valence-corrected chi connectivity index (χ1v) is 16.9. The summed E-state index contributed by atoms with van der Waals surface area (Å²) in [6.45, 7) is 0. The highest BCUT2D eigenvalue weighted by Gasteiger charge is 2.52. The van der Waals surface area contributed by atoms with Crippen LogP contribution in [0.15, 0.2) is 170 Å². The highest BCUT2D eigenvalue weighted by molar-refractivity contribution is 6.12. The van der Waals surface area contributed by atoms with E-state index in [1.165, 1.54) is 60.7 Å². The summed E-state index contributed by atoms with van der Waals surface area (Å²) in [5.74, 6) is 0.743. The average Bonchev–Trinajstić information content (AvgIpc) is 3.63. The van der Waals surface area contributed by atoms with Crippen LogP contribution in [0.25, 0.3) is 77.3 Å². The summed E-state index contributed by atoms with van der Waals surface area (Å²) in [6, 6.07) is 61.8. The summed E-state index contributed by atoms with van der Waals surface area (Å²) in [4.78, 5) is 10.7. The van der Waals surface area contributed by atoms with Gasteiger partial charge in [0.1, 0.15) is 0 Å². The lowest BCUT2D eigenvalue weighted by Gasteiger charge is -2.31. The van der Waals surface area contributed by atoms with Crippen LogP contribution >= 0.6 is 0 Å². The van der Waals surface area contributed by atoms with Crippen LogP contribution in [0.2, 0.25) is 0 Å². The second kappa shape index (κ2) is 9.82. The molecule has 0 amide bonds. The van der Waals surface area contributed by atoms with Gasteiger partial charge in [-0.05, 0) is 90.3 Å². The summed E-state index contributed by atoms with van der Waals surface area (Å²) in [7, 11) is 0. The topological polar surface area (TPSA) is 25.8 Å². The molecule has 2 aliphatic rings. The van der Waals surface area contributed by atoms with Crippen molar-refractivity contribution in [3.8, 4) is 44.9 Å². The van der Waals surface area contributed by atoms with E-state index in [1.807, 2.05) is 0 Å². The molecule has 0 N–H and O–H groups in total. The van der Waals surface area contributed by atoms with Gasteiger partial charge in [-0.25, -0.2) is 9.97 Å². The van der Waals surface area contributed by atoms with Gasteiger partial charge < -0.3 is 0 Å². The molecule has 0 unspecified atom stereocenters. The fraction of sp³-hybridized carbons (Fsp3) is 0.0213. The molecule has 0 saturated heterocycles. The van der Waals surface area contributed by atoms with Gasteiger partial charge in [0, 0.05) is 16.5 Å². The molecule has 226 valence electrons. The third kappa shape index (κ3) is 3.50. The number of para-hydroxylation sites is 1. The number of hydrogen-bond donors (Lipinski definition) is 0. The largest absolute Gasteiger partial charge is 0.228 e. The second-order valence-corrected chi connectivity index (χ2v) is 13.3. The van der Waals surface area contributed by atoms with Gasteiger partial charge in [-0.3, -0.25) is 0 Å². The van der Waals surface area contributed by atoms with Gasteiger partial charge in [0.2, 0.25) is 0 Å². The van der Waals surface area contributed by atoms with Crippen LogP contribution in [0.5, 0.6) is 0 Å². The van der Waals surface area contributed by atoms with Gasteiger partial charge in [0.05, 0.1) is 16.6 Å². The van der Waals surface area contributed by atoms with E-state index >= 15 is 0 Å². The third-order valence-electron chi connectivity index (χ3n) is 10.9. The highest BCUT2D eigenvalue weighted by atomic mass is 14.9. The van der Waals surface area contributed by atoms with Crippen LogP contribution in [0.3, 0.4) is 0 Å². The minimum atomic E-state index is -0.486. The van der Waals surface area contributed by atoms with Crippen molar-refractivity contribution >= 4 is 32.4 Å². The Kier molecular flexibility index (Phi) is 5.34. The van der Waals surface area contributed by atoms with Crippen LogP contribution < -0.4 is 0 Å². The summed E-state index contributed by atoms with van der Waals surface area (Å²) < 4.78 is 0. The van der Waals surface area contributed by atoms with E-state index in [2.05, 4.69) is 170 Å². The van der Waals surface area contributed by atoms with Crippen LogP contribution in [0.1, 0.15) is 22.3 Å². The maximum atomic E-state index is 5.40. The Morgan fingerprint density at radius 2 is 0.959 bits per heavy atom. The van der Waals surface area contributed by atoms with Crippen LogP contribution in [0.4, 0.5) is 0 Å². The Bertz CT molecular complexity index is 2790. The Morgan fingerprint density at radius 1 is 0.367 bits per heavy atom. The number of rotatable bonds is 2. The van der Waals surface area contributed by atoms with E-state index in [4.69, 9.17) is 9.97 Å². The lowest BCUT2D eigenvalue weighted by molar-refractivity contribution is 0.796. The minimum absolute atomic E-state index is 0.486. The predicted molar refractivity (Wildman–Crippen MR) is 202 cm³/mol. The zero-order valence-electron chi connectivity index (χ0n) is 26.6. The summed E-state index contributed by atoms with van der Waals surface area (Å²) in [5, 5.41) is 5.94. The molecule has 0 atom stereocenters. The number of benzene rings is 8. The first-order chi connectivity index (χ1) is 24.3. The minimum Gasteiger partial charge on any atom is -0.228 e. The first-order valence-electron chi connectivity index (χ1n) is 16.9. The molecule has 0 saturated carbocycles. The maximum Gasteiger partial charge on any atom is 0.161 e. The zero-order valence-corrected chi connectivity index (χ0v) is 26.6. The molecule has 2 aliphatic carbocycles. The molecule has 9 aromatic rings. The summed E-state index contributed by atoms with van der Waals surface area (Å²) >= 11 is 0. The second-order valence-electron chi connectivity index (χ2n) is 13.3. The van der Waals surface area contributed by atoms with Gasteiger partial charge >= 0.3 is 0 Å². The molecule has 1 heterocycles. The number of fused-ring (bicyclic) bond motifs is 14. The number of nitrogens with zero attached hydrogens (tertiary/aromatic N) is 2. The zero-order chi connectivity index (χ0) is 32.1. The van der Waals surface area contributed by atoms with E-state index in [0.29, 0.717) is 0 Å². The lowest BCUT2D eigenvalue weighted by atomic mass is 9.70. The summed E-state index contributed by atoms with van der Waals surface area (Å²) in [6.07, 6.45) is 0. The van der Waals surface area contributed by atoms with Crippen molar-refractivity contribution < 1.29 is 0 Å². The Morgan fingerprint density at radius 3 is 1.71 bits per heavy atom. The molecular weight excluding hydrogens is 593 g/mol. The predicted octanol–water partition coefficient (Wildman–Crippen LogP) is 11.6. The molecule has 8 aromatic carbocycles. The van der Waals surface area contributed by atoms with Crippen molar-refractivity contribution in [2.24, 2.45) is 0 Å². The molecule has 0 aliphatic heterocycles. The molecule has 2 heteroatoms. The van der Waals surface area contributed by atoms with Gasteiger partial charge in [0.25, 0.3) is 0 Å². The van der Waals surface area contributed by atoms with Crippen molar-refractivity contribution in [3.63, 3.8) is 0 Å². The van der Waals surface area contributed by atoms with E-state index in [-0.39, 0.29) is 0 Å². The molecule has 2 nitrogen and oxygen atoms in total. The fourth-order valence-electron chi connectivity index (χ4n) is 8.88. The van der Waals surface area contributed by atoms with E-state index < -0.39 is 5.41 Å². The van der Waals surface area contributed by atoms with Crippen LogP contribution in [-0.4, -0.2) is 9.97 Å². The van der Waals surface area contributed by atoms with E-state index in [0.717, 1.165) is 38.9 Å². The molecule has 0 radical (unpaired) electrons. The van der Waals surface area contributed by atoms with Gasteiger partial charge in [-0.15, -0.1) is 0 Å². The number of aromatic nitrogens is 2. The van der Waals surface area contributed by atoms with Crippen molar-refractivity contribution in [2.75, 3.05) is 0 Å². The van der Waals surface area contributed by atoms with Crippen molar-refractivity contribution in [1.82, 2.24) is 9.97 Å². The maximum absolute atomic E-state index is 5.40. The average molecular weight is 621 g/mol. The molecule has 1 spiro atoms. The molecule has 49 heavy (non-hydrogen) atoms. The van der Waals surface area contributed by atoms with Crippen LogP contribution in [0, 0.1) is 0 Å². The molecule has 1 aromatic heterocycles. The highest BCUT2D eigenvalue weighted by Crippen LogP contribution is 2.64. The molecular formula is C47H28N2. The SMILES string of the molecule is c1ccc(-c2nc(-c3cc4c(c5ccccc35)-c3cc5ccccc5cc3C43c4ccccc4-c4ccccc43)nc3ccccc23)cc1. The van der Waals surface area contributed by atoms with Crippen LogP contribution in [-0.2, 0) is 5.41 Å². The van der Waals surface area contributed by atoms with E-state index in [1.54, 1.807) is 0 Å². The molecule has 0 bridgehead atoms. The van der Waals surface area contributed by atoms with E-state index in [9.17, 15) is 0 Å². The molecule has 11 rings (SSSR count). The van der Waals surface area contributed by atoms with Crippen molar-refractivity contribution in [1.29, 1.82) is 0 Å². The first kappa shape index (κ1) is 26.7. The Balaban J connectivity index is 1.32. The molecule has 0 fully saturated rings. The van der Waals surface area contributed by atoms with Gasteiger partial charge in [-0.2, -0.15) is 0 Å². The van der Waals surface area contributed by atoms with Gasteiger partial charge in [0.15, 0.2) is 5.82 Å². The lowest BCUT2D eigenvalue weighted by Crippen LogP contribution is -2.26.